The number of esters is 1. The van der Waals surface area contributed by atoms with Gasteiger partial charge in [0.2, 0.25) is 0 Å². The molecule has 0 saturated carbocycles. The van der Waals surface area contributed by atoms with Crippen molar-refractivity contribution < 1.29 is 24.2 Å². The minimum Gasteiger partial charge on any atom is -0.481 e. The van der Waals surface area contributed by atoms with Crippen molar-refractivity contribution in [3.05, 3.63) is 59.7 Å². The maximum Gasteiger partial charge on any atom is 0.306 e. The molecule has 0 fully saturated rings. The number of rotatable bonds is 7. The minimum atomic E-state index is -1.05. The van der Waals surface area contributed by atoms with Crippen molar-refractivity contribution in [3.63, 3.8) is 0 Å². The Kier molecular flexibility index (Phi) is 5.92. The summed E-state index contributed by atoms with van der Waals surface area (Å²) < 4.78 is 10.7. The van der Waals surface area contributed by atoms with Crippen molar-refractivity contribution in [1.82, 2.24) is 0 Å². The summed E-state index contributed by atoms with van der Waals surface area (Å²) in [6.45, 7) is -0.0185. The van der Waals surface area contributed by atoms with Gasteiger partial charge in [-0.15, -0.1) is 0 Å². The highest BCUT2D eigenvalue weighted by molar-refractivity contribution is 5.76. The van der Waals surface area contributed by atoms with Crippen LogP contribution in [-0.2, 0) is 20.9 Å². The zero-order valence-electron chi connectivity index (χ0n) is 12.8. The first-order chi connectivity index (χ1) is 11.6. The van der Waals surface area contributed by atoms with Gasteiger partial charge < -0.3 is 14.6 Å². The Morgan fingerprint density at radius 1 is 1.08 bits per heavy atom. The number of benzene rings is 2. The maximum atomic E-state index is 11.5. The van der Waals surface area contributed by atoms with Crippen LogP contribution in [0.3, 0.4) is 0 Å². The summed E-state index contributed by atoms with van der Waals surface area (Å²) in [5.41, 5.74) is 1.00. The van der Waals surface area contributed by atoms with Gasteiger partial charge in [0.1, 0.15) is 24.2 Å². The molecule has 0 aliphatic rings. The van der Waals surface area contributed by atoms with Crippen molar-refractivity contribution in [2.45, 2.75) is 19.4 Å². The molecule has 0 atom stereocenters. The fraction of sp³-hybridized carbons (Fsp3) is 0.167. The third-order valence-corrected chi connectivity index (χ3v) is 3.08. The second-order valence-corrected chi connectivity index (χ2v) is 4.91. The van der Waals surface area contributed by atoms with E-state index in [2.05, 4.69) is 0 Å². The quantitative estimate of drug-likeness (QED) is 0.785. The summed E-state index contributed by atoms with van der Waals surface area (Å²) in [6, 6.07) is 15.9. The van der Waals surface area contributed by atoms with Gasteiger partial charge in [0.05, 0.1) is 18.4 Å². The van der Waals surface area contributed by atoms with Crippen molar-refractivity contribution >= 4 is 11.9 Å². The molecule has 2 rings (SSSR count). The van der Waals surface area contributed by atoms with E-state index < -0.39 is 11.9 Å². The monoisotopic (exact) mass is 325 g/mol. The van der Waals surface area contributed by atoms with Gasteiger partial charge in [0.15, 0.2) is 0 Å². The normalized spacial score (nSPS) is 9.79. The Labute approximate surface area is 138 Å². The Balaban J connectivity index is 2.04. The molecule has 0 heterocycles. The van der Waals surface area contributed by atoms with Crippen LogP contribution in [0.2, 0.25) is 0 Å². The lowest BCUT2D eigenvalue weighted by Gasteiger charge is -2.10. The van der Waals surface area contributed by atoms with E-state index in [1.54, 1.807) is 30.3 Å². The number of nitrogens with zero attached hydrogens (tertiary/aromatic N) is 1. The first-order valence-electron chi connectivity index (χ1n) is 7.22. The van der Waals surface area contributed by atoms with Gasteiger partial charge in [-0.25, -0.2) is 0 Å². The van der Waals surface area contributed by atoms with E-state index >= 15 is 0 Å². The van der Waals surface area contributed by atoms with Crippen molar-refractivity contribution in [2.75, 3.05) is 0 Å². The summed E-state index contributed by atoms with van der Waals surface area (Å²) in [7, 11) is 0. The van der Waals surface area contributed by atoms with E-state index in [9.17, 15) is 9.59 Å². The van der Waals surface area contributed by atoms with Gasteiger partial charge >= 0.3 is 11.9 Å². The third-order valence-electron chi connectivity index (χ3n) is 3.08. The first kappa shape index (κ1) is 17.0. The second kappa shape index (κ2) is 8.34. The zero-order valence-corrected chi connectivity index (χ0v) is 12.8. The largest absolute Gasteiger partial charge is 0.481 e. The molecule has 2 aromatic carbocycles. The number of ether oxygens (including phenoxy) is 2. The lowest BCUT2D eigenvalue weighted by molar-refractivity contribution is -0.148. The van der Waals surface area contributed by atoms with Crippen LogP contribution in [-0.4, -0.2) is 17.0 Å². The lowest BCUT2D eigenvalue weighted by atomic mass is 10.1. The molecule has 0 bridgehead atoms. The molecule has 1 N–H and O–H groups in total. The number of carbonyl (C=O) groups excluding carboxylic acids is 1. The number of carboxylic acids is 1. The van der Waals surface area contributed by atoms with Crippen LogP contribution in [0.25, 0.3) is 0 Å². The average Bonchev–Trinajstić information content (AvgIpc) is 2.59. The van der Waals surface area contributed by atoms with Gasteiger partial charge in [0, 0.05) is 0 Å². The van der Waals surface area contributed by atoms with Gasteiger partial charge in [-0.1, -0.05) is 24.3 Å². The molecule has 2 aromatic rings. The van der Waals surface area contributed by atoms with Crippen LogP contribution in [0.5, 0.6) is 11.5 Å². The summed E-state index contributed by atoms with van der Waals surface area (Å²) in [5, 5.41) is 17.7. The van der Waals surface area contributed by atoms with E-state index in [1.807, 2.05) is 24.3 Å². The molecule has 0 saturated heterocycles. The second-order valence-electron chi connectivity index (χ2n) is 4.91. The SMILES string of the molecule is N#Cc1ccc(COC(=O)CCC(=O)O)cc1Oc1ccccc1. The molecular formula is C18H15NO5. The summed E-state index contributed by atoms with van der Waals surface area (Å²) in [6.07, 6.45) is -0.451. The Morgan fingerprint density at radius 3 is 2.50 bits per heavy atom. The van der Waals surface area contributed by atoms with Crippen LogP contribution in [0.15, 0.2) is 48.5 Å². The number of nitriles is 1. The molecule has 0 unspecified atom stereocenters. The Morgan fingerprint density at radius 2 is 1.83 bits per heavy atom. The molecule has 0 aromatic heterocycles. The van der Waals surface area contributed by atoms with Gasteiger partial charge in [-0.2, -0.15) is 5.26 Å². The van der Waals surface area contributed by atoms with Gasteiger partial charge in [-0.05, 0) is 29.8 Å². The number of carboxylic acid groups (broad SMARTS) is 1. The number of hydrogen-bond acceptors (Lipinski definition) is 5. The summed E-state index contributed by atoms with van der Waals surface area (Å²) >= 11 is 0. The summed E-state index contributed by atoms with van der Waals surface area (Å²) in [4.78, 5) is 21.9. The predicted octanol–water partition coefficient (Wildman–Crippen LogP) is 3.26. The Hall–Kier alpha value is -3.33. The molecular weight excluding hydrogens is 310 g/mol. The van der Waals surface area contributed by atoms with Crippen LogP contribution in [0.1, 0.15) is 24.0 Å². The van der Waals surface area contributed by atoms with Gasteiger partial charge in [0.25, 0.3) is 0 Å². The number of para-hydroxylation sites is 1. The summed E-state index contributed by atoms with van der Waals surface area (Å²) in [5.74, 6) is -0.691. The molecule has 0 aliphatic carbocycles. The van der Waals surface area contributed by atoms with Crippen LogP contribution in [0.4, 0.5) is 0 Å². The van der Waals surface area contributed by atoms with Crippen LogP contribution >= 0.6 is 0 Å². The van der Waals surface area contributed by atoms with Crippen LogP contribution < -0.4 is 4.74 Å². The average molecular weight is 325 g/mol. The fourth-order valence-electron chi connectivity index (χ4n) is 1.89. The van der Waals surface area contributed by atoms with E-state index in [-0.39, 0.29) is 19.4 Å². The third kappa shape index (κ3) is 5.14. The highest BCUT2D eigenvalue weighted by Crippen LogP contribution is 2.26. The molecule has 0 aliphatic heterocycles. The van der Waals surface area contributed by atoms with Crippen molar-refractivity contribution in [2.24, 2.45) is 0 Å². The molecule has 122 valence electrons. The van der Waals surface area contributed by atoms with E-state index in [4.69, 9.17) is 19.8 Å². The van der Waals surface area contributed by atoms with E-state index in [0.29, 0.717) is 22.6 Å². The van der Waals surface area contributed by atoms with Gasteiger partial charge in [-0.3, -0.25) is 9.59 Å². The van der Waals surface area contributed by atoms with Crippen molar-refractivity contribution in [1.29, 1.82) is 5.26 Å². The smallest absolute Gasteiger partial charge is 0.306 e. The fourth-order valence-corrected chi connectivity index (χ4v) is 1.89. The van der Waals surface area contributed by atoms with Crippen molar-refractivity contribution in [3.8, 4) is 17.6 Å². The number of aliphatic carboxylic acids is 1. The Bertz CT molecular complexity index is 765. The van der Waals surface area contributed by atoms with E-state index in [1.165, 1.54) is 0 Å². The topological polar surface area (TPSA) is 96.6 Å². The maximum absolute atomic E-state index is 11.5. The number of hydrogen-bond donors (Lipinski definition) is 1. The predicted molar refractivity (Wildman–Crippen MR) is 84.3 cm³/mol. The molecule has 0 radical (unpaired) electrons. The zero-order chi connectivity index (χ0) is 17.4. The highest BCUT2D eigenvalue weighted by atomic mass is 16.5. The number of carbonyl (C=O) groups is 2. The first-order valence-corrected chi connectivity index (χ1v) is 7.22. The highest BCUT2D eigenvalue weighted by Gasteiger charge is 2.10. The minimum absolute atomic E-state index is 0.0185. The standard InChI is InChI=1S/C18H15NO5/c19-11-14-7-6-13(12-23-18(22)9-8-17(20)21)10-16(14)24-15-4-2-1-3-5-15/h1-7,10H,8-9,12H2,(H,20,21). The molecule has 0 amide bonds. The molecule has 24 heavy (non-hydrogen) atoms. The molecule has 6 nitrogen and oxygen atoms in total. The molecule has 6 heteroatoms. The lowest BCUT2D eigenvalue weighted by Crippen LogP contribution is -2.07. The molecule has 0 spiro atoms. The van der Waals surface area contributed by atoms with E-state index in [0.717, 1.165) is 0 Å². The van der Waals surface area contributed by atoms with Crippen LogP contribution in [0, 0.1) is 11.3 Å².